The summed E-state index contributed by atoms with van der Waals surface area (Å²) in [7, 11) is 1.64. The zero-order valence-electron chi connectivity index (χ0n) is 11.4. The van der Waals surface area contributed by atoms with E-state index in [-0.39, 0.29) is 0 Å². The Balaban J connectivity index is 1.64. The number of fused-ring (bicyclic) bond motifs is 1. The molecule has 3 aromatic rings. The predicted octanol–water partition coefficient (Wildman–Crippen LogP) is 2.86. The fourth-order valence-electron chi connectivity index (χ4n) is 2.29. The van der Waals surface area contributed by atoms with Crippen LogP contribution in [-0.4, -0.2) is 17.1 Å². The van der Waals surface area contributed by atoms with Crippen LogP contribution in [0, 0.1) is 0 Å². The minimum absolute atomic E-state index is 0.680. The van der Waals surface area contributed by atoms with Gasteiger partial charge >= 0.3 is 0 Å². The van der Waals surface area contributed by atoms with Gasteiger partial charge in [-0.1, -0.05) is 18.2 Å². The largest absolute Gasteiger partial charge is 0.481 e. The van der Waals surface area contributed by atoms with Crippen molar-refractivity contribution in [3.05, 3.63) is 59.9 Å². The lowest BCUT2D eigenvalue weighted by atomic mass is 10.1. The maximum absolute atomic E-state index is 5.24. The molecule has 0 spiro atoms. The summed E-state index contributed by atoms with van der Waals surface area (Å²) in [5, 5.41) is 4.65. The normalized spacial score (nSPS) is 10.8. The van der Waals surface area contributed by atoms with Crippen molar-refractivity contribution in [3.8, 4) is 5.88 Å². The Morgan fingerprint density at radius 1 is 1.20 bits per heavy atom. The van der Waals surface area contributed by atoms with E-state index in [0.29, 0.717) is 5.88 Å². The molecule has 0 atom stereocenters. The highest BCUT2D eigenvalue weighted by Crippen LogP contribution is 2.15. The van der Waals surface area contributed by atoms with Gasteiger partial charge in [-0.25, -0.2) is 4.98 Å². The molecule has 0 bridgehead atoms. The molecule has 102 valence electrons. The molecule has 4 heteroatoms. The first-order chi connectivity index (χ1) is 9.86. The monoisotopic (exact) mass is 267 g/mol. The molecule has 0 fully saturated rings. The second-order valence-corrected chi connectivity index (χ2v) is 4.67. The smallest absolute Gasteiger partial charge is 0.217 e. The number of benzene rings is 1. The lowest BCUT2D eigenvalue weighted by Gasteiger charge is -2.08. The summed E-state index contributed by atoms with van der Waals surface area (Å²) in [5.74, 6) is 0.680. The third-order valence-corrected chi connectivity index (χ3v) is 3.31. The Kier molecular flexibility index (Phi) is 3.65. The van der Waals surface area contributed by atoms with E-state index in [0.717, 1.165) is 18.7 Å². The Hall–Kier alpha value is -2.33. The maximum atomic E-state index is 5.24. The first-order valence-corrected chi connectivity index (χ1v) is 6.61. The summed E-state index contributed by atoms with van der Waals surface area (Å²) in [4.78, 5) is 7.42. The van der Waals surface area contributed by atoms with Gasteiger partial charge in [-0.15, -0.1) is 0 Å². The van der Waals surface area contributed by atoms with Crippen LogP contribution in [0.5, 0.6) is 5.88 Å². The molecule has 20 heavy (non-hydrogen) atoms. The maximum Gasteiger partial charge on any atom is 0.217 e. The van der Waals surface area contributed by atoms with Crippen LogP contribution >= 0.6 is 0 Å². The van der Waals surface area contributed by atoms with E-state index >= 15 is 0 Å². The van der Waals surface area contributed by atoms with Gasteiger partial charge in [0.1, 0.15) is 0 Å². The topological polar surface area (TPSA) is 49.9 Å². The highest BCUT2D eigenvalue weighted by Gasteiger charge is 2.03. The SMILES string of the molecule is COc1ncccc1CNCc1ccc2cc[nH]c2c1. The van der Waals surface area contributed by atoms with Crippen LogP contribution in [0.1, 0.15) is 11.1 Å². The van der Waals surface area contributed by atoms with E-state index in [4.69, 9.17) is 4.74 Å². The number of nitrogens with one attached hydrogen (secondary N) is 2. The Bertz CT molecular complexity index is 706. The summed E-state index contributed by atoms with van der Waals surface area (Å²) in [6.45, 7) is 1.55. The predicted molar refractivity (Wildman–Crippen MR) is 79.6 cm³/mol. The van der Waals surface area contributed by atoms with Crippen LogP contribution in [0.3, 0.4) is 0 Å². The van der Waals surface area contributed by atoms with E-state index in [9.17, 15) is 0 Å². The zero-order valence-corrected chi connectivity index (χ0v) is 11.4. The number of hydrogen-bond acceptors (Lipinski definition) is 3. The van der Waals surface area contributed by atoms with E-state index in [1.54, 1.807) is 13.3 Å². The van der Waals surface area contributed by atoms with Crippen LogP contribution in [0.25, 0.3) is 10.9 Å². The lowest BCUT2D eigenvalue weighted by Crippen LogP contribution is -2.13. The first kappa shape index (κ1) is 12.7. The van der Waals surface area contributed by atoms with Gasteiger partial charge in [-0.05, 0) is 29.1 Å². The number of rotatable bonds is 5. The third-order valence-electron chi connectivity index (χ3n) is 3.31. The molecule has 3 rings (SSSR count). The van der Waals surface area contributed by atoms with Gasteiger partial charge in [0.25, 0.3) is 0 Å². The van der Waals surface area contributed by atoms with Crippen LogP contribution in [0.2, 0.25) is 0 Å². The number of hydrogen-bond donors (Lipinski definition) is 2. The molecule has 2 N–H and O–H groups in total. The lowest BCUT2D eigenvalue weighted by molar-refractivity contribution is 0.390. The van der Waals surface area contributed by atoms with Crippen LogP contribution < -0.4 is 10.1 Å². The van der Waals surface area contributed by atoms with Gasteiger partial charge < -0.3 is 15.0 Å². The van der Waals surface area contributed by atoms with Crippen molar-refractivity contribution in [1.29, 1.82) is 0 Å². The molecule has 2 aromatic heterocycles. The number of nitrogens with zero attached hydrogens (tertiary/aromatic N) is 1. The highest BCUT2D eigenvalue weighted by atomic mass is 16.5. The molecule has 2 heterocycles. The van der Waals surface area contributed by atoms with E-state index in [1.165, 1.54) is 16.5 Å². The molecular formula is C16H17N3O. The molecule has 0 saturated carbocycles. The molecule has 0 aliphatic rings. The summed E-state index contributed by atoms with van der Waals surface area (Å²) in [6, 6.07) is 12.5. The summed E-state index contributed by atoms with van der Waals surface area (Å²) in [5.41, 5.74) is 3.49. The van der Waals surface area contributed by atoms with Crippen LogP contribution in [0.15, 0.2) is 48.8 Å². The Morgan fingerprint density at radius 2 is 2.15 bits per heavy atom. The molecule has 0 amide bonds. The van der Waals surface area contributed by atoms with Crippen LogP contribution in [-0.2, 0) is 13.1 Å². The van der Waals surface area contributed by atoms with Crippen molar-refractivity contribution < 1.29 is 4.74 Å². The van der Waals surface area contributed by atoms with Crippen molar-refractivity contribution >= 4 is 10.9 Å². The highest BCUT2D eigenvalue weighted by molar-refractivity contribution is 5.79. The number of aromatic nitrogens is 2. The molecular weight excluding hydrogens is 250 g/mol. The molecule has 4 nitrogen and oxygen atoms in total. The van der Waals surface area contributed by atoms with Crippen molar-refractivity contribution in [1.82, 2.24) is 15.3 Å². The Morgan fingerprint density at radius 3 is 3.05 bits per heavy atom. The van der Waals surface area contributed by atoms with Gasteiger partial charge in [0, 0.05) is 36.6 Å². The van der Waals surface area contributed by atoms with Gasteiger partial charge in [-0.3, -0.25) is 0 Å². The second-order valence-electron chi connectivity index (χ2n) is 4.67. The minimum Gasteiger partial charge on any atom is -0.481 e. The van der Waals surface area contributed by atoms with Crippen molar-refractivity contribution in [3.63, 3.8) is 0 Å². The summed E-state index contributed by atoms with van der Waals surface area (Å²) >= 11 is 0. The fraction of sp³-hybridized carbons (Fsp3) is 0.188. The average molecular weight is 267 g/mol. The Labute approximate surface area is 117 Å². The van der Waals surface area contributed by atoms with Crippen molar-refractivity contribution in [2.75, 3.05) is 7.11 Å². The average Bonchev–Trinajstić information content (AvgIpc) is 2.95. The third kappa shape index (κ3) is 2.65. The molecule has 0 unspecified atom stereocenters. The van der Waals surface area contributed by atoms with Crippen molar-refractivity contribution in [2.45, 2.75) is 13.1 Å². The zero-order chi connectivity index (χ0) is 13.8. The van der Waals surface area contributed by atoms with E-state index < -0.39 is 0 Å². The number of ether oxygens (including phenoxy) is 1. The quantitative estimate of drug-likeness (QED) is 0.747. The molecule has 0 radical (unpaired) electrons. The first-order valence-electron chi connectivity index (χ1n) is 6.61. The van der Waals surface area contributed by atoms with Gasteiger partial charge in [-0.2, -0.15) is 0 Å². The van der Waals surface area contributed by atoms with Gasteiger partial charge in [0.15, 0.2) is 0 Å². The van der Waals surface area contributed by atoms with Gasteiger partial charge in [0.2, 0.25) is 5.88 Å². The number of pyridine rings is 1. The van der Waals surface area contributed by atoms with E-state index in [1.807, 2.05) is 18.3 Å². The number of aromatic amines is 1. The molecule has 0 saturated heterocycles. The standard InChI is InChI=1S/C16H17N3O/c1-20-16-14(3-2-7-19-16)11-17-10-12-4-5-13-6-8-18-15(13)9-12/h2-9,17-18H,10-11H2,1H3. The fourth-order valence-corrected chi connectivity index (χ4v) is 2.29. The van der Waals surface area contributed by atoms with Crippen LogP contribution in [0.4, 0.5) is 0 Å². The van der Waals surface area contributed by atoms with E-state index in [2.05, 4.69) is 39.6 Å². The minimum atomic E-state index is 0.680. The molecule has 1 aromatic carbocycles. The second kappa shape index (κ2) is 5.75. The summed E-state index contributed by atoms with van der Waals surface area (Å²) < 4.78 is 5.24. The van der Waals surface area contributed by atoms with Crippen molar-refractivity contribution in [2.24, 2.45) is 0 Å². The molecule has 0 aliphatic heterocycles. The number of methoxy groups -OCH3 is 1. The summed E-state index contributed by atoms with van der Waals surface area (Å²) in [6.07, 6.45) is 3.70. The molecule has 0 aliphatic carbocycles. The van der Waals surface area contributed by atoms with Gasteiger partial charge in [0.05, 0.1) is 7.11 Å². The number of H-pyrrole nitrogens is 1.